The van der Waals surface area contributed by atoms with Crippen LogP contribution >= 0.6 is 0 Å². The van der Waals surface area contributed by atoms with E-state index in [1.54, 1.807) is 16.8 Å². The maximum Gasteiger partial charge on any atom is 0.245 e. The Morgan fingerprint density at radius 3 is 2.61 bits per heavy atom. The van der Waals surface area contributed by atoms with Crippen molar-refractivity contribution in [2.24, 2.45) is 0 Å². The van der Waals surface area contributed by atoms with Gasteiger partial charge < -0.3 is 9.47 Å². The molecule has 1 fully saturated rings. The van der Waals surface area contributed by atoms with Gasteiger partial charge in [-0.15, -0.1) is 0 Å². The molecule has 18 heavy (non-hydrogen) atoms. The first-order valence-electron chi connectivity index (χ1n) is 6.60. The number of carbonyl (C=O) groups is 1. The highest BCUT2D eigenvalue weighted by Crippen LogP contribution is 2.17. The summed E-state index contributed by atoms with van der Waals surface area (Å²) in [6.07, 6.45) is 6.42. The van der Waals surface area contributed by atoms with E-state index in [1.807, 2.05) is 17.9 Å². The number of carbonyl (C=O) groups excluding carboxylic acids is 1. The van der Waals surface area contributed by atoms with E-state index in [0.717, 1.165) is 25.9 Å². The lowest BCUT2D eigenvalue weighted by molar-refractivity contribution is -0.134. The minimum Gasteiger partial charge on any atom is -0.341 e. The fraction of sp³-hybridized carbons (Fsp3) is 0.571. The van der Waals surface area contributed by atoms with Gasteiger partial charge in [0, 0.05) is 19.3 Å². The van der Waals surface area contributed by atoms with Crippen LogP contribution in [0.2, 0.25) is 0 Å². The van der Waals surface area contributed by atoms with Gasteiger partial charge in [0.1, 0.15) is 17.8 Å². The predicted octanol–water partition coefficient (Wildman–Crippen LogP) is 2.32. The maximum atomic E-state index is 12.4. The summed E-state index contributed by atoms with van der Waals surface area (Å²) in [5.41, 5.74) is 0.547. The van der Waals surface area contributed by atoms with Gasteiger partial charge in [-0.1, -0.05) is 12.8 Å². The lowest BCUT2D eigenvalue weighted by Gasteiger charge is -2.25. The number of amides is 1. The van der Waals surface area contributed by atoms with Gasteiger partial charge in [0.25, 0.3) is 0 Å². The Hall–Kier alpha value is -1.76. The van der Waals surface area contributed by atoms with Crippen LogP contribution in [0.5, 0.6) is 0 Å². The van der Waals surface area contributed by atoms with E-state index in [0.29, 0.717) is 5.69 Å². The zero-order valence-electron chi connectivity index (χ0n) is 10.8. The number of nitriles is 1. The summed E-state index contributed by atoms with van der Waals surface area (Å²) >= 11 is 0. The summed E-state index contributed by atoms with van der Waals surface area (Å²) < 4.78 is 1.76. The Bertz CT molecular complexity index is 450. The quantitative estimate of drug-likeness (QED) is 0.803. The Kier molecular flexibility index (Phi) is 4.03. The van der Waals surface area contributed by atoms with Gasteiger partial charge in [0.05, 0.1) is 0 Å². The zero-order chi connectivity index (χ0) is 13.0. The summed E-state index contributed by atoms with van der Waals surface area (Å²) in [5.74, 6) is 0.129. The van der Waals surface area contributed by atoms with E-state index < -0.39 is 0 Å². The van der Waals surface area contributed by atoms with Crippen molar-refractivity contribution in [3.63, 3.8) is 0 Å². The van der Waals surface area contributed by atoms with Gasteiger partial charge in [-0.3, -0.25) is 4.79 Å². The molecule has 0 aliphatic carbocycles. The summed E-state index contributed by atoms with van der Waals surface area (Å²) in [4.78, 5) is 14.4. The largest absolute Gasteiger partial charge is 0.341 e. The molecule has 1 aromatic rings. The first kappa shape index (κ1) is 12.7. The summed E-state index contributed by atoms with van der Waals surface area (Å²) in [7, 11) is 0. The van der Waals surface area contributed by atoms with Crippen LogP contribution in [0.3, 0.4) is 0 Å². The molecule has 1 amide bonds. The van der Waals surface area contributed by atoms with Gasteiger partial charge in [-0.05, 0) is 31.9 Å². The summed E-state index contributed by atoms with van der Waals surface area (Å²) in [6.45, 7) is 3.58. The molecule has 0 spiro atoms. The molecule has 0 bridgehead atoms. The van der Waals surface area contributed by atoms with Crippen molar-refractivity contribution in [2.45, 2.75) is 38.6 Å². The van der Waals surface area contributed by atoms with E-state index in [1.165, 1.54) is 12.8 Å². The second-order valence-corrected chi connectivity index (χ2v) is 4.83. The molecule has 1 saturated heterocycles. The van der Waals surface area contributed by atoms with E-state index in [9.17, 15) is 4.79 Å². The van der Waals surface area contributed by atoms with Gasteiger partial charge in [0.15, 0.2) is 0 Å². The average Bonchev–Trinajstić information content (AvgIpc) is 2.70. The molecule has 96 valence electrons. The molecule has 4 heteroatoms. The molecule has 4 nitrogen and oxygen atoms in total. The molecule has 1 aliphatic heterocycles. The molecule has 1 unspecified atom stereocenters. The molecule has 1 aliphatic rings. The first-order chi connectivity index (χ1) is 8.74. The van der Waals surface area contributed by atoms with Crippen LogP contribution in [0.25, 0.3) is 0 Å². The number of nitrogens with zero attached hydrogens (tertiary/aromatic N) is 3. The van der Waals surface area contributed by atoms with Gasteiger partial charge in [0.2, 0.25) is 5.91 Å². The molecule has 2 rings (SSSR count). The molecule has 2 heterocycles. The molecule has 0 saturated carbocycles. The summed E-state index contributed by atoms with van der Waals surface area (Å²) in [5, 5.41) is 9.00. The van der Waals surface area contributed by atoms with E-state index in [-0.39, 0.29) is 11.9 Å². The monoisotopic (exact) mass is 245 g/mol. The second-order valence-electron chi connectivity index (χ2n) is 4.83. The standard InChI is InChI=1S/C14H19N3O/c1-12(17-10-6-7-13(17)11-15)14(18)16-8-4-2-3-5-9-16/h6-7,10,12H,2-5,8-9H2,1H3. The normalized spacial score (nSPS) is 17.9. The Balaban J connectivity index is 2.10. The van der Waals surface area contributed by atoms with Crippen molar-refractivity contribution in [3.05, 3.63) is 24.0 Å². The lowest BCUT2D eigenvalue weighted by Crippen LogP contribution is -2.37. The fourth-order valence-corrected chi connectivity index (χ4v) is 2.50. The average molecular weight is 245 g/mol. The fourth-order valence-electron chi connectivity index (χ4n) is 2.50. The molecule has 0 aromatic carbocycles. The third-order valence-electron chi connectivity index (χ3n) is 3.59. The minimum absolute atomic E-state index is 0.129. The van der Waals surface area contributed by atoms with Crippen LogP contribution in [0.15, 0.2) is 18.3 Å². The molecular formula is C14H19N3O. The Morgan fingerprint density at radius 1 is 1.33 bits per heavy atom. The zero-order valence-corrected chi connectivity index (χ0v) is 10.8. The SMILES string of the molecule is CC(C(=O)N1CCCCCC1)n1cccc1C#N. The van der Waals surface area contributed by atoms with Crippen LogP contribution in [0.1, 0.15) is 44.3 Å². The molecule has 1 aromatic heterocycles. The number of aromatic nitrogens is 1. The minimum atomic E-state index is -0.284. The van der Waals surface area contributed by atoms with Gasteiger partial charge >= 0.3 is 0 Å². The Labute approximate surface area is 108 Å². The summed E-state index contributed by atoms with van der Waals surface area (Å²) in [6, 6.07) is 5.39. The lowest BCUT2D eigenvalue weighted by atomic mass is 10.2. The van der Waals surface area contributed by atoms with Crippen LogP contribution in [-0.2, 0) is 4.79 Å². The predicted molar refractivity (Wildman–Crippen MR) is 68.9 cm³/mol. The van der Waals surface area contributed by atoms with Gasteiger partial charge in [-0.25, -0.2) is 0 Å². The van der Waals surface area contributed by atoms with Crippen LogP contribution in [0.4, 0.5) is 0 Å². The third-order valence-corrected chi connectivity index (χ3v) is 3.59. The number of hydrogen-bond donors (Lipinski definition) is 0. The molecule has 1 atom stereocenters. The molecular weight excluding hydrogens is 226 g/mol. The van der Waals surface area contributed by atoms with Crippen LogP contribution in [0, 0.1) is 11.3 Å². The Morgan fingerprint density at radius 2 is 2.00 bits per heavy atom. The number of rotatable bonds is 2. The highest BCUT2D eigenvalue weighted by Gasteiger charge is 2.23. The van der Waals surface area contributed by atoms with Crippen LogP contribution < -0.4 is 0 Å². The van der Waals surface area contributed by atoms with Crippen molar-refractivity contribution in [3.8, 4) is 6.07 Å². The maximum absolute atomic E-state index is 12.4. The van der Waals surface area contributed by atoms with Crippen molar-refractivity contribution >= 4 is 5.91 Å². The van der Waals surface area contributed by atoms with Crippen molar-refractivity contribution in [1.82, 2.24) is 9.47 Å². The highest BCUT2D eigenvalue weighted by atomic mass is 16.2. The smallest absolute Gasteiger partial charge is 0.245 e. The van der Waals surface area contributed by atoms with Crippen molar-refractivity contribution < 1.29 is 4.79 Å². The van der Waals surface area contributed by atoms with Crippen molar-refractivity contribution in [1.29, 1.82) is 5.26 Å². The number of likely N-dealkylation sites (tertiary alicyclic amines) is 1. The second kappa shape index (κ2) is 5.72. The van der Waals surface area contributed by atoms with Crippen LogP contribution in [-0.4, -0.2) is 28.5 Å². The van der Waals surface area contributed by atoms with Gasteiger partial charge in [-0.2, -0.15) is 5.26 Å². The third kappa shape index (κ3) is 2.56. The van der Waals surface area contributed by atoms with Crippen molar-refractivity contribution in [2.75, 3.05) is 13.1 Å². The number of hydrogen-bond acceptors (Lipinski definition) is 2. The van der Waals surface area contributed by atoms with E-state index >= 15 is 0 Å². The first-order valence-corrected chi connectivity index (χ1v) is 6.60. The highest BCUT2D eigenvalue weighted by molar-refractivity contribution is 5.80. The molecule has 0 N–H and O–H groups in total. The van der Waals surface area contributed by atoms with E-state index in [2.05, 4.69) is 6.07 Å². The topological polar surface area (TPSA) is 49.0 Å². The molecule has 0 radical (unpaired) electrons. The van der Waals surface area contributed by atoms with E-state index in [4.69, 9.17) is 5.26 Å².